The maximum absolute atomic E-state index is 12.1. The zero-order valence-electron chi connectivity index (χ0n) is 23.6. The highest BCUT2D eigenvalue weighted by atomic mass is 16.7. The van der Waals surface area contributed by atoms with E-state index >= 15 is 0 Å². The average molecular weight is 628 g/mol. The third kappa shape index (κ3) is 8.14. The van der Waals surface area contributed by atoms with Crippen LogP contribution in [0.4, 0.5) is 0 Å². The van der Waals surface area contributed by atoms with Crippen molar-refractivity contribution in [3.63, 3.8) is 0 Å². The Balaban J connectivity index is 1.89. The van der Waals surface area contributed by atoms with Crippen molar-refractivity contribution in [3.8, 4) is 0 Å². The number of carbonyl (C=O) groups excluding carboxylic acids is 3. The lowest BCUT2D eigenvalue weighted by molar-refractivity contribution is -0.351. The summed E-state index contributed by atoms with van der Waals surface area (Å²) in [7, 11) is 0. The lowest BCUT2D eigenvalue weighted by Gasteiger charge is -2.49. The Bertz CT molecular complexity index is 962. The fourth-order valence-electron chi connectivity index (χ4n) is 5.28. The van der Waals surface area contributed by atoms with Gasteiger partial charge in [0.2, 0.25) is 17.7 Å². The highest BCUT2D eigenvalue weighted by molar-refractivity contribution is 5.74. The van der Waals surface area contributed by atoms with Gasteiger partial charge in [-0.2, -0.15) is 0 Å². The molecule has 3 rings (SSSR count). The zero-order valence-corrected chi connectivity index (χ0v) is 23.6. The largest absolute Gasteiger partial charge is 0.394 e. The van der Waals surface area contributed by atoms with Crippen LogP contribution >= 0.6 is 0 Å². The van der Waals surface area contributed by atoms with E-state index in [0.717, 1.165) is 20.8 Å². The Hall–Kier alpha value is -2.11. The summed E-state index contributed by atoms with van der Waals surface area (Å²) < 4.78 is 28.3. The van der Waals surface area contributed by atoms with Crippen LogP contribution in [0.5, 0.6) is 0 Å². The number of aliphatic hydroxyl groups is 8. The minimum atomic E-state index is -1.77. The minimum Gasteiger partial charge on any atom is -0.394 e. The van der Waals surface area contributed by atoms with Crippen molar-refractivity contribution in [1.82, 2.24) is 16.0 Å². The molecule has 19 heteroatoms. The average Bonchev–Trinajstić information content (AvgIpc) is 2.94. The van der Waals surface area contributed by atoms with Crippen LogP contribution in [0.25, 0.3) is 0 Å². The number of carbonyl (C=O) groups is 3. The molecule has 3 aliphatic heterocycles. The highest BCUT2D eigenvalue weighted by Crippen LogP contribution is 2.32. The van der Waals surface area contributed by atoms with Crippen molar-refractivity contribution >= 4 is 17.7 Å². The predicted octanol–water partition coefficient (Wildman–Crippen LogP) is -7.14. The number of nitrogens with one attached hydrogen (secondary N) is 3. The molecule has 0 spiro atoms. The number of rotatable bonds is 10. The molecule has 0 bridgehead atoms. The number of ether oxygens (including phenoxy) is 5. The first-order chi connectivity index (χ1) is 20.2. The molecule has 3 fully saturated rings. The molecular formula is C24H41N3O16. The van der Waals surface area contributed by atoms with E-state index in [4.69, 9.17) is 23.7 Å². The predicted molar refractivity (Wildman–Crippen MR) is 136 cm³/mol. The lowest BCUT2D eigenvalue weighted by Crippen LogP contribution is -2.71. The van der Waals surface area contributed by atoms with Gasteiger partial charge in [-0.3, -0.25) is 14.4 Å². The molecule has 3 saturated heterocycles. The fourth-order valence-corrected chi connectivity index (χ4v) is 5.28. The molecule has 6 unspecified atom stereocenters. The Morgan fingerprint density at radius 3 is 1.37 bits per heavy atom. The van der Waals surface area contributed by atoms with Crippen LogP contribution in [0.3, 0.4) is 0 Å². The van der Waals surface area contributed by atoms with E-state index in [-0.39, 0.29) is 0 Å². The number of amides is 3. The maximum atomic E-state index is 12.1. The van der Waals surface area contributed by atoms with E-state index in [9.17, 15) is 55.2 Å². The normalized spacial score (nSPS) is 43.5. The van der Waals surface area contributed by atoms with Gasteiger partial charge in [0.25, 0.3) is 0 Å². The Labute approximate surface area is 245 Å². The van der Waals surface area contributed by atoms with Gasteiger partial charge in [-0.25, -0.2) is 0 Å². The van der Waals surface area contributed by atoms with Crippen LogP contribution in [-0.4, -0.2) is 170 Å². The van der Waals surface area contributed by atoms with Gasteiger partial charge in [-0.05, 0) is 0 Å². The van der Waals surface area contributed by atoms with Crippen LogP contribution in [0.15, 0.2) is 0 Å². The standard InChI is InChI=1S/C24H41N3O16/c1-7(31)25-13-18(36)20(11(5-29)39-22(13)38)42-24-15(27-9(3)33)19(37)21(12(6-30)41-24)43-23-14(26-8(2)32)17(35)16(34)10(4-28)40-23/h10-24,28-30,34-38H,4-6H2,1-3H3,(H,25,31)(H,26,32)(H,27,33)/t10?,11?,12?,13-,14-,15-,16+,17?,18?,19?,20+,21+,22+,23-,24-/m0/s1. The third-order valence-electron chi connectivity index (χ3n) is 7.30. The molecule has 0 aromatic heterocycles. The first-order valence-electron chi connectivity index (χ1n) is 13.5. The molecule has 43 heavy (non-hydrogen) atoms. The molecule has 0 radical (unpaired) electrons. The summed E-state index contributed by atoms with van der Waals surface area (Å²) in [5.74, 6) is -1.96. The van der Waals surface area contributed by atoms with Crippen molar-refractivity contribution in [1.29, 1.82) is 0 Å². The maximum Gasteiger partial charge on any atom is 0.217 e. The Morgan fingerprint density at radius 1 is 0.558 bits per heavy atom. The monoisotopic (exact) mass is 627 g/mol. The Morgan fingerprint density at radius 2 is 0.930 bits per heavy atom. The first kappa shape index (κ1) is 35.4. The Kier molecular flexibility index (Phi) is 12.5. The third-order valence-corrected chi connectivity index (χ3v) is 7.30. The van der Waals surface area contributed by atoms with Crippen molar-refractivity contribution in [2.45, 2.75) is 113 Å². The molecule has 248 valence electrons. The van der Waals surface area contributed by atoms with Gasteiger partial charge in [0.15, 0.2) is 18.9 Å². The summed E-state index contributed by atoms with van der Waals surface area (Å²) in [5, 5.41) is 90.0. The summed E-state index contributed by atoms with van der Waals surface area (Å²) in [6.07, 6.45) is -19.0. The van der Waals surface area contributed by atoms with Crippen molar-refractivity contribution in [2.24, 2.45) is 0 Å². The van der Waals surface area contributed by atoms with E-state index in [2.05, 4.69) is 16.0 Å². The van der Waals surface area contributed by atoms with E-state index in [0.29, 0.717) is 0 Å². The van der Waals surface area contributed by atoms with Gasteiger partial charge < -0.3 is 80.5 Å². The molecule has 19 nitrogen and oxygen atoms in total. The van der Waals surface area contributed by atoms with Crippen molar-refractivity contribution < 1.29 is 78.9 Å². The topological polar surface area (TPSA) is 295 Å². The fraction of sp³-hybridized carbons (Fsp3) is 0.875. The SMILES string of the molecule is CC(=O)N[C@H]1C(O)[C@H](O)C(CO)O[C@H]1O[C@@H]1C(CO)O[C@@H](O[C@@H]2C(CO)O[C@@H](O)[C@@H](NC(C)=O)C2O)[C@@H](NC(C)=O)C1O. The number of hydrogen-bond donors (Lipinski definition) is 11. The molecule has 11 N–H and O–H groups in total. The summed E-state index contributed by atoms with van der Waals surface area (Å²) in [6.45, 7) is 0.995. The van der Waals surface area contributed by atoms with E-state index in [1.807, 2.05) is 0 Å². The van der Waals surface area contributed by atoms with Crippen LogP contribution in [0.1, 0.15) is 20.8 Å². The summed E-state index contributed by atoms with van der Waals surface area (Å²) in [4.78, 5) is 35.5. The van der Waals surface area contributed by atoms with Crippen LogP contribution in [0.2, 0.25) is 0 Å². The molecule has 0 aromatic carbocycles. The van der Waals surface area contributed by atoms with Crippen molar-refractivity contribution in [3.05, 3.63) is 0 Å². The highest BCUT2D eigenvalue weighted by Gasteiger charge is 2.54. The van der Waals surface area contributed by atoms with Gasteiger partial charge in [-0.15, -0.1) is 0 Å². The summed E-state index contributed by atoms with van der Waals surface area (Å²) >= 11 is 0. The lowest BCUT2D eigenvalue weighted by atomic mass is 9.93. The molecule has 15 atom stereocenters. The minimum absolute atomic E-state index is 0.628. The molecule has 0 aliphatic carbocycles. The second kappa shape index (κ2) is 15.3. The van der Waals surface area contributed by atoms with Gasteiger partial charge >= 0.3 is 0 Å². The van der Waals surface area contributed by atoms with Gasteiger partial charge in [0.1, 0.15) is 73.1 Å². The van der Waals surface area contributed by atoms with E-state index < -0.39 is 129 Å². The summed E-state index contributed by atoms with van der Waals surface area (Å²) in [5.41, 5.74) is 0. The smallest absolute Gasteiger partial charge is 0.217 e. The molecule has 0 saturated carbocycles. The second-order valence-electron chi connectivity index (χ2n) is 10.5. The number of hydrogen-bond acceptors (Lipinski definition) is 16. The second-order valence-corrected chi connectivity index (χ2v) is 10.5. The van der Waals surface area contributed by atoms with Crippen molar-refractivity contribution in [2.75, 3.05) is 19.8 Å². The summed E-state index contributed by atoms with van der Waals surface area (Å²) in [6, 6.07) is -4.31. The van der Waals surface area contributed by atoms with E-state index in [1.165, 1.54) is 0 Å². The first-order valence-corrected chi connectivity index (χ1v) is 13.5. The zero-order chi connectivity index (χ0) is 32.2. The van der Waals surface area contributed by atoms with Crippen LogP contribution < -0.4 is 16.0 Å². The quantitative estimate of drug-likeness (QED) is 0.107. The molecule has 3 amide bonds. The van der Waals surface area contributed by atoms with Gasteiger partial charge in [-0.1, -0.05) is 0 Å². The van der Waals surface area contributed by atoms with Gasteiger partial charge in [0, 0.05) is 20.8 Å². The van der Waals surface area contributed by atoms with Gasteiger partial charge in [0.05, 0.1) is 19.8 Å². The van der Waals surface area contributed by atoms with Crippen LogP contribution in [0, 0.1) is 0 Å². The molecule has 0 aromatic rings. The molecular weight excluding hydrogens is 586 g/mol. The van der Waals surface area contributed by atoms with Crippen LogP contribution in [-0.2, 0) is 38.1 Å². The molecule has 3 aliphatic rings. The molecule has 3 heterocycles. The van der Waals surface area contributed by atoms with E-state index in [1.54, 1.807) is 0 Å². The number of aliphatic hydroxyl groups excluding tert-OH is 8.